The topological polar surface area (TPSA) is 79.0 Å². The molecule has 0 saturated carbocycles. The molecule has 3 saturated heterocycles. The molecule has 1 N–H and O–H groups in total. The minimum atomic E-state index is -0.747. The van der Waals surface area contributed by atoms with Gasteiger partial charge in [0.25, 0.3) is 5.91 Å². The number of ketones is 1. The van der Waals surface area contributed by atoms with Gasteiger partial charge in [-0.05, 0) is 67.8 Å². The lowest BCUT2D eigenvalue weighted by molar-refractivity contribution is -0.140. The molecule has 8 heteroatoms. The molecule has 1 aromatic carbocycles. The number of carbonyl (C=O) groups is 3. The van der Waals surface area contributed by atoms with E-state index in [9.17, 15) is 14.4 Å². The SMILES string of the molecule is CCN1CCC(c2ccc(C(=O)N[C@H](C(=O)N3C[C@H](SC)[C@H]4OCC(=O)[C@H]43)C(C)(C)C)cc2)CC1. The highest BCUT2D eigenvalue weighted by Gasteiger charge is 2.53. The van der Waals surface area contributed by atoms with Gasteiger partial charge in [0.2, 0.25) is 5.91 Å². The first kappa shape index (κ1) is 26.2. The fourth-order valence-electron chi connectivity index (χ4n) is 5.57. The summed E-state index contributed by atoms with van der Waals surface area (Å²) in [5.41, 5.74) is 1.30. The summed E-state index contributed by atoms with van der Waals surface area (Å²) >= 11 is 1.62. The van der Waals surface area contributed by atoms with Gasteiger partial charge in [0.1, 0.15) is 18.7 Å². The normalized spacial score (nSPS) is 26.6. The molecule has 3 fully saturated rings. The third-order valence-electron chi connectivity index (χ3n) is 7.79. The van der Waals surface area contributed by atoms with Gasteiger partial charge in [-0.3, -0.25) is 14.4 Å². The smallest absolute Gasteiger partial charge is 0.251 e. The molecule has 3 aliphatic heterocycles. The van der Waals surface area contributed by atoms with Crippen molar-refractivity contribution < 1.29 is 19.1 Å². The Hall–Kier alpha value is -1.90. The molecule has 35 heavy (non-hydrogen) atoms. The van der Waals surface area contributed by atoms with Crippen LogP contribution < -0.4 is 5.32 Å². The lowest BCUT2D eigenvalue weighted by Gasteiger charge is -2.35. The van der Waals surface area contributed by atoms with Crippen LogP contribution in [-0.2, 0) is 14.3 Å². The molecule has 1 aromatic rings. The maximum absolute atomic E-state index is 13.7. The predicted molar refractivity (Wildman–Crippen MR) is 139 cm³/mol. The molecule has 3 aliphatic rings. The Morgan fingerprint density at radius 1 is 1.17 bits per heavy atom. The third kappa shape index (κ3) is 5.44. The summed E-state index contributed by atoms with van der Waals surface area (Å²) in [6, 6.07) is 6.54. The monoisotopic (exact) mass is 501 g/mol. The van der Waals surface area contributed by atoms with Crippen LogP contribution in [0.15, 0.2) is 24.3 Å². The average molecular weight is 502 g/mol. The quantitative estimate of drug-likeness (QED) is 0.646. The molecular formula is C27H39N3O4S. The fourth-order valence-corrected chi connectivity index (χ4v) is 6.37. The van der Waals surface area contributed by atoms with Crippen LogP contribution in [-0.4, -0.2) is 89.9 Å². The highest BCUT2D eigenvalue weighted by atomic mass is 32.2. The van der Waals surface area contributed by atoms with Crippen LogP contribution in [0.5, 0.6) is 0 Å². The Balaban J connectivity index is 1.46. The molecule has 4 rings (SSSR count). The molecule has 0 spiro atoms. The van der Waals surface area contributed by atoms with E-state index in [0.717, 1.165) is 32.5 Å². The number of ether oxygens (including phenoxy) is 1. The zero-order chi connectivity index (χ0) is 25.3. The second-order valence-corrected chi connectivity index (χ2v) is 12.1. The van der Waals surface area contributed by atoms with Crippen molar-refractivity contribution >= 4 is 29.4 Å². The summed E-state index contributed by atoms with van der Waals surface area (Å²) in [7, 11) is 0. The van der Waals surface area contributed by atoms with Gasteiger partial charge in [0.15, 0.2) is 5.78 Å². The molecule has 2 amide bonds. The Morgan fingerprint density at radius 3 is 2.40 bits per heavy atom. The molecule has 0 radical (unpaired) electrons. The number of nitrogens with one attached hydrogen (secondary N) is 1. The number of hydrogen-bond donors (Lipinski definition) is 1. The molecule has 0 aromatic heterocycles. The van der Waals surface area contributed by atoms with Gasteiger partial charge in [0, 0.05) is 12.1 Å². The minimum absolute atomic E-state index is 0.0482. The largest absolute Gasteiger partial charge is 0.367 e. The number of amides is 2. The van der Waals surface area contributed by atoms with E-state index in [1.54, 1.807) is 16.7 Å². The first-order valence-corrected chi connectivity index (χ1v) is 14.0. The van der Waals surface area contributed by atoms with Crippen molar-refractivity contribution in [1.82, 2.24) is 15.1 Å². The second-order valence-electron chi connectivity index (χ2n) is 11.1. The molecule has 3 heterocycles. The molecule has 192 valence electrons. The van der Waals surface area contributed by atoms with Gasteiger partial charge >= 0.3 is 0 Å². The van der Waals surface area contributed by atoms with Crippen LogP contribution in [0.4, 0.5) is 0 Å². The van der Waals surface area contributed by atoms with E-state index in [-0.39, 0.29) is 35.6 Å². The van der Waals surface area contributed by atoms with Crippen molar-refractivity contribution in [3.8, 4) is 0 Å². The average Bonchev–Trinajstić information content (AvgIpc) is 3.41. The van der Waals surface area contributed by atoms with Crippen molar-refractivity contribution in [3.63, 3.8) is 0 Å². The van der Waals surface area contributed by atoms with Crippen molar-refractivity contribution in [2.24, 2.45) is 5.41 Å². The van der Waals surface area contributed by atoms with Crippen LogP contribution in [0.2, 0.25) is 0 Å². The summed E-state index contributed by atoms with van der Waals surface area (Å²) in [5.74, 6) is -0.0101. The predicted octanol–water partition coefficient (Wildman–Crippen LogP) is 2.94. The van der Waals surface area contributed by atoms with Gasteiger partial charge < -0.3 is 19.9 Å². The van der Waals surface area contributed by atoms with Crippen molar-refractivity contribution in [3.05, 3.63) is 35.4 Å². The number of hydrogen-bond acceptors (Lipinski definition) is 6. The van der Waals surface area contributed by atoms with Gasteiger partial charge in [-0.25, -0.2) is 0 Å². The first-order chi connectivity index (χ1) is 16.6. The molecule has 0 aliphatic carbocycles. The van der Waals surface area contributed by atoms with Crippen molar-refractivity contribution in [2.75, 3.05) is 39.0 Å². The van der Waals surface area contributed by atoms with E-state index < -0.39 is 17.5 Å². The molecule has 4 atom stereocenters. The summed E-state index contributed by atoms with van der Waals surface area (Å²) < 4.78 is 5.71. The number of rotatable bonds is 6. The third-order valence-corrected chi connectivity index (χ3v) is 8.81. The maximum Gasteiger partial charge on any atom is 0.251 e. The Bertz CT molecular complexity index is 937. The zero-order valence-electron chi connectivity index (χ0n) is 21.6. The van der Waals surface area contributed by atoms with E-state index in [0.29, 0.717) is 18.0 Å². The van der Waals surface area contributed by atoms with E-state index in [1.165, 1.54) is 5.56 Å². The van der Waals surface area contributed by atoms with Gasteiger partial charge in [-0.1, -0.05) is 39.8 Å². The van der Waals surface area contributed by atoms with E-state index in [4.69, 9.17) is 4.74 Å². The van der Waals surface area contributed by atoms with Gasteiger partial charge in [0.05, 0.1) is 11.4 Å². The van der Waals surface area contributed by atoms with E-state index in [1.807, 2.05) is 39.2 Å². The number of piperidine rings is 1. The fraction of sp³-hybridized carbons (Fsp3) is 0.667. The summed E-state index contributed by atoms with van der Waals surface area (Å²) in [6.07, 6.45) is 3.98. The summed E-state index contributed by atoms with van der Waals surface area (Å²) in [5, 5.41) is 3.05. The van der Waals surface area contributed by atoms with Crippen molar-refractivity contribution in [2.45, 2.75) is 69.9 Å². The minimum Gasteiger partial charge on any atom is -0.367 e. The van der Waals surface area contributed by atoms with Crippen LogP contribution in [0.3, 0.4) is 0 Å². The number of benzene rings is 1. The second kappa shape index (κ2) is 10.6. The van der Waals surface area contributed by atoms with Gasteiger partial charge in [-0.15, -0.1) is 0 Å². The molecule has 7 nitrogen and oxygen atoms in total. The van der Waals surface area contributed by atoms with Crippen molar-refractivity contribution in [1.29, 1.82) is 0 Å². The Morgan fingerprint density at radius 2 is 1.83 bits per heavy atom. The lowest BCUT2D eigenvalue weighted by atomic mass is 9.85. The number of nitrogens with zero attached hydrogens (tertiary/aromatic N) is 2. The number of likely N-dealkylation sites (tertiary alicyclic amines) is 2. The van der Waals surface area contributed by atoms with Crippen LogP contribution >= 0.6 is 11.8 Å². The van der Waals surface area contributed by atoms with E-state index in [2.05, 4.69) is 29.3 Å². The Kier molecular flexibility index (Phi) is 7.93. The van der Waals surface area contributed by atoms with Crippen LogP contribution in [0, 0.1) is 5.41 Å². The number of fused-ring (bicyclic) bond motifs is 1. The molecule has 0 unspecified atom stereocenters. The van der Waals surface area contributed by atoms with Gasteiger partial charge in [-0.2, -0.15) is 11.8 Å². The van der Waals surface area contributed by atoms with Crippen LogP contribution in [0.25, 0.3) is 0 Å². The number of thioether (sulfide) groups is 1. The summed E-state index contributed by atoms with van der Waals surface area (Å²) in [6.45, 7) is 11.8. The number of Topliss-reactive ketones (excluding diaryl/α,β-unsaturated/α-hetero) is 1. The lowest BCUT2D eigenvalue weighted by Crippen LogP contribution is -2.57. The maximum atomic E-state index is 13.7. The molecule has 0 bridgehead atoms. The Labute approximate surface area is 213 Å². The zero-order valence-corrected chi connectivity index (χ0v) is 22.4. The highest BCUT2D eigenvalue weighted by Crippen LogP contribution is 2.35. The standard InChI is InChI=1S/C27H39N3O4S/c1-6-29-13-11-18(12-14-29)17-7-9-19(10-8-17)25(32)28-24(27(2,3)4)26(33)30-15-21(35-5)23-22(30)20(31)16-34-23/h7-10,18,21-24H,6,11-16H2,1-5H3,(H,28,32)/t21-,22+,23+,24+/m0/s1. The highest BCUT2D eigenvalue weighted by molar-refractivity contribution is 7.99. The number of carbonyl (C=O) groups excluding carboxylic acids is 3. The molecular weight excluding hydrogens is 462 g/mol. The van der Waals surface area contributed by atoms with E-state index >= 15 is 0 Å². The first-order valence-electron chi connectivity index (χ1n) is 12.7. The summed E-state index contributed by atoms with van der Waals surface area (Å²) in [4.78, 5) is 43.6. The van der Waals surface area contributed by atoms with Crippen LogP contribution in [0.1, 0.15) is 62.4 Å².